The molecule has 1 aromatic rings. The molecule has 0 aliphatic heterocycles. The molecule has 0 fully saturated rings. The van der Waals surface area contributed by atoms with E-state index in [0.717, 1.165) is 12.0 Å². The molecule has 1 aromatic carbocycles. The van der Waals surface area contributed by atoms with Gasteiger partial charge in [-0.2, -0.15) is 0 Å². The van der Waals surface area contributed by atoms with Crippen LogP contribution in [0.3, 0.4) is 0 Å². The first kappa shape index (κ1) is 15.2. The van der Waals surface area contributed by atoms with Gasteiger partial charge in [-0.25, -0.2) is 0 Å². The molecule has 0 saturated carbocycles. The second kappa shape index (κ2) is 6.92. The van der Waals surface area contributed by atoms with Crippen LogP contribution in [0.1, 0.15) is 31.9 Å². The van der Waals surface area contributed by atoms with Crippen LogP contribution < -0.4 is 5.32 Å². The van der Waals surface area contributed by atoms with E-state index in [4.69, 9.17) is 0 Å². The summed E-state index contributed by atoms with van der Waals surface area (Å²) in [6, 6.07) is 7.73. The summed E-state index contributed by atoms with van der Waals surface area (Å²) < 4.78 is 0. The normalized spacial score (nSPS) is 11.8. The molecular formula is C15H22N2O2. The van der Waals surface area contributed by atoms with Crippen molar-refractivity contribution in [3.05, 3.63) is 35.4 Å². The summed E-state index contributed by atoms with van der Waals surface area (Å²) in [4.78, 5) is 24.6. The Bertz CT molecular complexity index is 440. The number of hydrogen-bond donors (Lipinski definition) is 1. The Morgan fingerprint density at radius 3 is 2.21 bits per heavy atom. The third-order valence-corrected chi connectivity index (χ3v) is 3.02. The zero-order valence-corrected chi connectivity index (χ0v) is 12.1. The number of benzene rings is 1. The van der Waals surface area contributed by atoms with Gasteiger partial charge in [-0.3, -0.25) is 9.59 Å². The van der Waals surface area contributed by atoms with Crippen LogP contribution in [0, 0.1) is 0 Å². The fourth-order valence-corrected chi connectivity index (χ4v) is 1.93. The SMILES string of the molecule is CCc1ccc(CN(C)C(=O)C(C)NC(C)=O)cc1. The Kier molecular flexibility index (Phi) is 5.55. The lowest BCUT2D eigenvalue weighted by Crippen LogP contribution is -2.44. The first-order valence-corrected chi connectivity index (χ1v) is 6.54. The maximum absolute atomic E-state index is 12.0. The van der Waals surface area contributed by atoms with Crippen molar-refractivity contribution in [1.29, 1.82) is 0 Å². The maximum atomic E-state index is 12.0. The predicted octanol–water partition coefficient (Wildman–Crippen LogP) is 1.73. The molecule has 0 bridgehead atoms. The quantitative estimate of drug-likeness (QED) is 0.878. The summed E-state index contributed by atoms with van der Waals surface area (Å²) in [6.45, 7) is 5.76. The molecule has 1 rings (SSSR count). The van der Waals surface area contributed by atoms with Crippen LogP contribution in [0.2, 0.25) is 0 Å². The molecule has 104 valence electrons. The van der Waals surface area contributed by atoms with Gasteiger partial charge in [-0.05, 0) is 24.5 Å². The van der Waals surface area contributed by atoms with Gasteiger partial charge in [0.05, 0.1) is 0 Å². The molecule has 1 unspecified atom stereocenters. The van der Waals surface area contributed by atoms with E-state index in [-0.39, 0.29) is 11.8 Å². The summed E-state index contributed by atoms with van der Waals surface area (Å²) in [7, 11) is 1.74. The molecule has 1 atom stereocenters. The van der Waals surface area contributed by atoms with Crippen LogP contribution in [0.25, 0.3) is 0 Å². The standard InChI is InChI=1S/C15H22N2O2/c1-5-13-6-8-14(9-7-13)10-17(4)15(19)11(2)16-12(3)18/h6-9,11H,5,10H2,1-4H3,(H,16,18). The summed E-state index contributed by atoms with van der Waals surface area (Å²) in [5.74, 6) is -0.281. The van der Waals surface area contributed by atoms with Gasteiger partial charge in [-0.15, -0.1) is 0 Å². The third kappa shape index (κ3) is 4.73. The largest absolute Gasteiger partial charge is 0.345 e. The molecule has 4 heteroatoms. The lowest BCUT2D eigenvalue weighted by Gasteiger charge is -2.22. The summed E-state index contributed by atoms with van der Waals surface area (Å²) >= 11 is 0. The predicted molar refractivity (Wildman–Crippen MR) is 75.6 cm³/mol. The van der Waals surface area contributed by atoms with Crippen molar-refractivity contribution >= 4 is 11.8 Å². The van der Waals surface area contributed by atoms with E-state index < -0.39 is 6.04 Å². The van der Waals surface area contributed by atoms with Gasteiger partial charge < -0.3 is 10.2 Å². The Hall–Kier alpha value is -1.84. The van der Waals surface area contributed by atoms with E-state index in [0.29, 0.717) is 6.54 Å². The molecule has 1 N–H and O–H groups in total. The molecule has 0 heterocycles. The summed E-state index contributed by atoms with van der Waals surface area (Å²) in [5.41, 5.74) is 2.37. The molecule has 0 aliphatic rings. The van der Waals surface area contributed by atoms with E-state index in [1.807, 2.05) is 12.1 Å². The number of likely N-dealkylation sites (N-methyl/N-ethyl adjacent to an activating group) is 1. The minimum atomic E-state index is -0.489. The zero-order chi connectivity index (χ0) is 14.4. The van der Waals surface area contributed by atoms with Crippen molar-refractivity contribution < 1.29 is 9.59 Å². The van der Waals surface area contributed by atoms with Gasteiger partial charge in [0.15, 0.2) is 0 Å². The average Bonchev–Trinajstić information content (AvgIpc) is 2.37. The highest BCUT2D eigenvalue weighted by Gasteiger charge is 2.18. The van der Waals surface area contributed by atoms with Gasteiger partial charge in [0, 0.05) is 20.5 Å². The van der Waals surface area contributed by atoms with Crippen LogP contribution in [-0.4, -0.2) is 29.8 Å². The van der Waals surface area contributed by atoms with Gasteiger partial charge in [0.25, 0.3) is 0 Å². The highest BCUT2D eigenvalue weighted by atomic mass is 16.2. The number of rotatable bonds is 5. The van der Waals surface area contributed by atoms with E-state index in [1.165, 1.54) is 12.5 Å². The van der Waals surface area contributed by atoms with Gasteiger partial charge in [-0.1, -0.05) is 31.2 Å². The Morgan fingerprint density at radius 2 is 1.74 bits per heavy atom. The molecule has 2 amide bonds. The zero-order valence-electron chi connectivity index (χ0n) is 12.1. The molecule has 0 radical (unpaired) electrons. The summed E-state index contributed by atoms with van der Waals surface area (Å²) in [6.07, 6.45) is 1.01. The number of hydrogen-bond acceptors (Lipinski definition) is 2. The Labute approximate surface area is 114 Å². The van der Waals surface area contributed by atoms with Crippen LogP contribution >= 0.6 is 0 Å². The Balaban J connectivity index is 2.60. The average molecular weight is 262 g/mol. The molecule has 0 aromatic heterocycles. The van der Waals surface area contributed by atoms with E-state index >= 15 is 0 Å². The minimum absolute atomic E-state index is 0.0882. The number of nitrogens with zero attached hydrogens (tertiary/aromatic N) is 1. The number of nitrogens with one attached hydrogen (secondary N) is 1. The molecule has 0 saturated heterocycles. The monoisotopic (exact) mass is 262 g/mol. The van der Waals surface area contributed by atoms with Crippen LogP contribution in [0.4, 0.5) is 0 Å². The third-order valence-electron chi connectivity index (χ3n) is 3.02. The van der Waals surface area contributed by atoms with Crippen molar-refractivity contribution in [3.63, 3.8) is 0 Å². The lowest BCUT2D eigenvalue weighted by atomic mass is 10.1. The van der Waals surface area contributed by atoms with Gasteiger partial charge >= 0.3 is 0 Å². The van der Waals surface area contributed by atoms with Crippen LogP contribution in [-0.2, 0) is 22.6 Å². The molecular weight excluding hydrogens is 240 g/mol. The van der Waals surface area contributed by atoms with Crippen LogP contribution in [0.5, 0.6) is 0 Å². The maximum Gasteiger partial charge on any atom is 0.244 e. The molecule has 19 heavy (non-hydrogen) atoms. The smallest absolute Gasteiger partial charge is 0.244 e. The minimum Gasteiger partial charge on any atom is -0.345 e. The fourth-order valence-electron chi connectivity index (χ4n) is 1.93. The first-order chi connectivity index (χ1) is 8.93. The second-order valence-electron chi connectivity index (χ2n) is 4.79. The van der Waals surface area contributed by atoms with Crippen molar-refractivity contribution in [2.45, 2.75) is 39.8 Å². The van der Waals surface area contributed by atoms with Crippen molar-refractivity contribution in [2.24, 2.45) is 0 Å². The van der Waals surface area contributed by atoms with Crippen molar-refractivity contribution in [2.75, 3.05) is 7.05 Å². The fraction of sp³-hybridized carbons (Fsp3) is 0.467. The topological polar surface area (TPSA) is 49.4 Å². The molecule has 0 spiro atoms. The van der Waals surface area contributed by atoms with Crippen molar-refractivity contribution in [3.8, 4) is 0 Å². The summed E-state index contributed by atoms with van der Waals surface area (Å²) in [5, 5.41) is 2.60. The van der Waals surface area contributed by atoms with Crippen LogP contribution in [0.15, 0.2) is 24.3 Å². The first-order valence-electron chi connectivity index (χ1n) is 6.54. The van der Waals surface area contributed by atoms with E-state index in [1.54, 1.807) is 18.9 Å². The highest BCUT2D eigenvalue weighted by molar-refractivity contribution is 5.86. The number of aryl methyl sites for hydroxylation is 1. The molecule has 4 nitrogen and oxygen atoms in total. The number of carbonyl (C=O) groups excluding carboxylic acids is 2. The molecule has 0 aliphatic carbocycles. The number of amides is 2. The van der Waals surface area contributed by atoms with E-state index in [9.17, 15) is 9.59 Å². The highest BCUT2D eigenvalue weighted by Crippen LogP contribution is 2.08. The van der Waals surface area contributed by atoms with Crippen molar-refractivity contribution in [1.82, 2.24) is 10.2 Å². The van der Waals surface area contributed by atoms with Gasteiger partial charge in [0.2, 0.25) is 11.8 Å². The number of carbonyl (C=O) groups is 2. The lowest BCUT2D eigenvalue weighted by molar-refractivity contribution is -0.134. The van der Waals surface area contributed by atoms with Gasteiger partial charge in [0.1, 0.15) is 6.04 Å². The van der Waals surface area contributed by atoms with E-state index in [2.05, 4.69) is 24.4 Å². The second-order valence-corrected chi connectivity index (χ2v) is 4.79. The Morgan fingerprint density at radius 1 is 1.21 bits per heavy atom.